The SMILES string of the molecule is CCOCCCNS(=O)(=O)c1ccc(Br)cc1Cl. The van der Waals surface area contributed by atoms with E-state index in [2.05, 4.69) is 20.7 Å². The molecule has 0 aliphatic rings. The molecule has 0 spiro atoms. The molecule has 0 aliphatic carbocycles. The summed E-state index contributed by atoms with van der Waals surface area (Å²) >= 11 is 9.13. The maximum Gasteiger partial charge on any atom is 0.242 e. The van der Waals surface area contributed by atoms with Gasteiger partial charge >= 0.3 is 0 Å². The van der Waals surface area contributed by atoms with Crippen molar-refractivity contribution in [2.75, 3.05) is 19.8 Å². The zero-order valence-corrected chi connectivity index (χ0v) is 13.1. The second-order valence-electron chi connectivity index (χ2n) is 3.52. The predicted octanol–water partition coefficient (Wildman–Crippen LogP) is 2.81. The van der Waals surface area contributed by atoms with Crippen LogP contribution in [0.25, 0.3) is 0 Å². The molecular weight excluding hydrogens is 342 g/mol. The van der Waals surface area contributed by atoms with Crippen LogP contribution < -0.4 is 4.72 Å². The lowest BCUT2D eigenvalue weighted by molar-refractivity contribution is 0.146. The molecule has 4 nitrogen and oxygen atoms in total. The van der Waals surface area contributed by atoms with Gasteiger partial charge in [-0.1, -0.05) is 27.5 Å². The highest BCUT2D eigenvalue weighted by atomic mass is 79.9. The van der Waals surface area contributed by atoms with Crippen LogP contribution in [0.15, 0.2) is 27.6 Å². The van der Waals surface area contributed by atoms with E-state index >= 15 is 0 Å². The lowest BCUT2D eigenvalue weighted by Crippen LogP contribution is -2.25. The molecule has 102 valence electrons. The smallest absolute Gasteiger partial charge is 0.242 e. The monoisotopic (exact) mass is 355 g/mol. The molecule has 1 aromatic rings. The maximum atomic E-state index is 11.9. The Bertz CT molecular complexity index is 493. The first-order valence-corrected chi connectivity index (χ1v) is 8.15. The van der Waals surface area contributed by atoms with Gasteiger partial charge in [-0.25, -0.2) is 13.1 Å². The highest BCUT2D eigenvalue weighted by Crippen LogP contribution is 2.24. The van der Waals surface area contributed by atoms with Gasteiger partial charge in [-0.15, -0.1) is 0 Å². The van der Waals surface area contributed by atoms with Crippen molar-refractivity contribution in [2.24, 2.45) is 0 Å². The molecule has 0 aromatic heterocycles. The predicted molar refractivity (Wildman–Crippen MR) is 75.5 cm³/mol. The summed E-state index contributed by atoms with van der Waals surface area (Å²) in [5.41, 5.74) is 0. The molecule has 0 radical (unpaired) electrons. The van der Waals surface area contributed by atoms with E-state index < -0.39 is 10.0 Å². The largest absolute Gasteiger partial charge is 0.382 e. The summed E-state index contributed by atoms with van der Waals surface area (Å²) in [6.07, 6.45) is 0.626. The second kappa shape index (κ2) is 7.45. The topological polar surface area (TPSA) is 55.4 Å². The first-order chi connectivity index (χ1) is 8.47. The van der Waals surface area contributed by atoms with Crippen LogP contribution in [0.2, 0.25) is 5.02 Å². The third kappa shape index (κ3) is 4.85. The quantitative estimate of drug-likeness (QED) is 0.764. The molecule has 0 amide bonds. The minimum atomic E-state index is -3.55. The first kappa shape index (κ1) is 15.9. The van der Waals surface area contributed by atoms with Gasteiger partial charge in [-0.05, 0) is 31.5 Å². The molecule has 7 heteroatoms. The van der Waals surface area contributed by atoms with Gasteiger partial charge < -0.3 is 4.74 Å². The van der Waals surface area contributed by atoms with Crippen molar-refractivity contribution in [1.29, 1.82) is 0 Å². The summed E-state index contributed by atoms with van der Waals surface area (Å²) in [7, 11) is -3.55. The lowest BCUT2D eigenvalue weighted by Gasteiger charge is -2.08. The van der Waals surface area contributed by atoms with Crippen LogP contribution in [0.3, 0.4) is 0 Å². The van der Waals surface area contributed by atoms with Crippen LogP contribution in [0.1, 0.15) is 13.3 Å². The fraction of sp³-hybridized carbons (Fsp3) is 0.455. The van der Waals surface area contributed by atoms with Gasteiger partial charge in [0.25, 0.3) is 0 Å². The Hall–Kier alpha value is -0.140. The average molecular weight is 357 g/mol. The zero-order valence-electron chi connectivity index (χ0n) is 9.95. The van der Waals surface area contributed by atoms with Crippen molar-refractivity contribution in [1.82, 2.24) is 4.72 Å². The van der Waals surface area contributed by atoms with Crippen molar-refractivity contribution in [3.63, 3.8) is 0 Å². The second-order valence-corrected chi connectivity index (χ2v) is 6.58. The fourth-order valence-electron chi connectivity index (χ4n) is 1.30. The van der Waals surface area contributed by atoms with Gasteiger partial charge in [0, 0.05) is 24.2 Å². The minimum absolute atomic E-state index is 0.0868. The van der Waals surface area contributed by atoms with E-state index in [4.69, 9.17) is 16.3 Å². The van der Waals surface area contributed by atoms with Crippen molar-refractivity contribution >= 4 is 37.6 Å². The minimum Gasteiger partial charge on any atom is -0.382 e. The number of sulfonamides is 1. The molecule has 1 rings (SSSR count). The Morgan fingerprint density at radius 1 is 1.44 bits per heavy atom. The van der Waals surface area contributed by atoms with Crippen molar-refractivity contribution < 1.29 is 13.2 Å². The third-order valence-corrected chi connectivity index (χ3v) is 4.58. The van der Waals surface area contributed by atoms with E-state index in [1.807, 2.05) is 6.92 Å². The maximum absolute atomic E-state index is 11.9. The van der Waals surface area contributed by atoms with Gasteiger partial charge in [0.1, 0.15) is 4.90 Å². The van der Waals surface area contributed by atoms with E-state index in [0.29, 0.717) is 26.2 Å². The Morgan fingerprint density at radius 3 is 2.78 bits per heavy atom. The number of nitrogens with one attached hydrogen (secondary N) is 1. The lowest BCUT2D eigenvalue weighted by atomic mass is 10.4. The summed E-state index contributed by atoms with van der Waals surface area (Å²) in [5.74, 6) is 0. The van der Waals surface area contributed by atoms with E-state index in [-0.39, 0.29) is 9.92 Å². The summed E-state index contributed by atoms with van der Waals surface area (Å²) in [4.78, 5) is 0.0868. The molecule has 18 heavy (non-hydrogen) atoms. The normalized spacial score (nSPS) is 11.7. The molecular formula is C11H15BrClNO3S. The van der Waals surface area contributed by atoms with Gasteiger partial charge in [-0.2, -0.15) is 0 Å². The molecule has 0 aliphatic heterocycles. The first-order valence-electron chi connectivity index (χ1n) is 5.50. The number of hydrogen-bond donors (Lipinski definition) is 1. The summed E-state index contributed by atoms with van der Waals surface area (Å²) in [6.45, 7) is 3.39. The highest BCUT2D eigenvalue weighted by molar-refractivity contribution is 9.10. The average Bonchev–Trinajstić information content (AvgIpc) is 2.28. The third-order valence-electron chi connectivity index (χ3n) is 2.15. The van der Waals surface area contributed by atoms with Gasteiger partial charge in [0.2, 0.25) is 10.0 Å². The molecule has 1 N–H and O–H groups in total. The standard InChI is InChI=1S/C11H15BrClNO3S/c1-2-17-7-3-6-14-18(15,16)11-5-4-9(12)8-10(11)13/h4-5,8,14H,2-3,6-7H2,1H3. The molecule has 1 aromatic carbocycles. The Balaban J connectivity index is 2.63. The number of rotatable bonds is 7. The molecule has 0 atom stereocenters. The Kier molecular flexibility index (Phi) is 6.59. The zero-order chi connectivity index (χ0) is 13.6. The highest BCUT2D eigenvalue weighted by Gasteiger charge is 2.17. The fourth-order valence-corrected chi connectivity index (χ4v) is 3.41. The van der Waals surface area contributed by atoms with E-state index in [1.54, 1.807) is 12.1 Å². The summed E-state index contributed by atoms with van der Waals surface area (Å²) in [6, 6.07) is 4.66. The van der Waals surface area contributed by atoms with Crippen molar-refractivity contribution in [3.8, 4) is 0 Å². The van der Waals surface area contributed by atoms with Gasteiger partial charge in [-0.3, -0.25) is 0 Å². The van der Waals surface area contributed by atoms with Crippen molar-refractivity contribution in [2.45, 2.75) is 18.2 Å². The molecule has 0 heterocycles. The molecule has 0 saturated heterocycles. The molecule has 0 unspecified atom stereocenters. The molecule has 0 saturated carbocycles. The number of ether oxygens (including phenoxy) is 1. The number of hydrogen-bond acceptors (Lipinski definition) is 3. The van der Waals surface area contributed by atoms with Gasteiger partial charge in [0.05, 0.1) is 5.02 Å². The van der Waals surface area contributed by atoms with Crippen LogP contribution in [0.4, 0.5) is 0 Å². The number of benzene rings is 1. The van der Waals surface area contributed by atoms with Gasteiger partial charge in [0.15, 0.2) is 0 Å². The van der Waals surface area contributed by atoms with Crippen molar-refractivity contribution in [3.05, 3.63) is 27.7 Å². The van der Waals surface area contributed by atoms with Crippen LogP contribution >= 0.6 is 27.5 Å². The van der Waals surface area contributed by atoms with Crippen LogP contribution in [0.5, 0.6) is 0 Å². The molecule has 0 bridgehead atoms. The van der Waals surface area contributed by atoms with Crippen LogP contribution in [-0.2, 0) is 14.8 Å². The molecule has 0 fully saturated rings. The summed E-state index contributed by atoms with van der Waals surface area (Å²) in [5, 5.41) is 0.196. The summed E-state index contributed by atoms with van der Waals surface area (Å²) < 4.78 is 32.2. The van der Waals surface area contributed by atoms with Crippen LogP contribution in [-0.4, -0.2) is 28.2 Å². The Labute approximate surface area is 121 Å². The van der Waals surface area contributed by atoms with E-state index in [1.165, 1.54) is 6.07 Å². The number of halogens is 2. The van der Waals surface area contributed by atoms with E-state index in [0.717, 1.165) is 4.47 Å². The van der Waals surface area contributed by atoms with Crippen LogP contribution in [0, 0.1) is 0 Å². The Morgan fingerprint density at radius 2 is 2.17 bits per heavy atom. The van der Waals surface area contributed by atoms with E-state index in [9.17, 15) is 8.42 Å².